The number of sulfone groups is 1. The number of fused-ring (bicyclic) bond motifs is 1. The second-order valence-electron chi connectivity index (χ2n) is 10.7. The highest BCUT2D eigenvalue weighted by Gasteiger charge is 2.25. The number of carbonyl (C=O) groups excluding carboxylic acids is 1. The summed E-state index contributed by atoms with van der Waals surface area (Å²) in [5.74, 6) is -0.0624. The van der Waals surface area contributed by atoms with Crippen molar-refractivity contribution in [3.05, 3.63) is 83.0 Å². The highest BCUT2D eigenvalue weighted by molar-refractivity contribution is 7.90. The Balaban J connectivity index is 1.34. The van der Waals surface area contributed by atoms with Crippen molar-refractivity contribution in [2.45, 2.75) is 50.4 Å². The molecule has 4 aromatic rings. The molecule has 5 rings (SSSR count). The maximum Gasteiger partial charge on any atom is 0.410 e. The molecule has 7 nitrogen and oxygen atoms in total. The summed E-state index contributed by atoms with van der Waals surface area (Å²) >= 11 is 1.63. The number of nitrogens with zero attached hydrogens (tertiary/aromatic N) is 3. The molecule has 0 spiro atoms. The fraction of sp³-hybridized carbons (Fsp3) is 0.300. The molecule has 2 aromatic carbocycles. The summed E-state index contributed by atoms with van der Waals surface area (Å²) < 4.78 is 32.2. The van der Waals surface area contributed by atoms with Gasteiger partial charge in [-0.15, -0.1) is 11.3 Å². The second-order valence-corrected chi connectivity index (χ2v) is 13.8. The van der Waals surface area contributed by atoms with E-state index in [4.69, 9.17) is 4.74 Å². The van der Waals surface area contributed by atoms with Gasteiger partial charge in [0.25, 0.3) is 0 Å². The van der Waals surface area contributed by atoms with Crippen LogP contribution in [0.5, 0.6) is 0 Å². The fourth-order valence-electron chi connectivity index (χ4n) is 4.41. The van der Waals surface area contributed by atoms with Gasteiger partial charge >= 0.3 is 6.09 Å². The summed E-state index contributed by atoms with van der Waals surface area (Å²) in [6.45, 7) is 8.64. The maximum absolute atomic E-state index is 12.9. The maximum atomic E-state index is 12.9. The Hall–Kier alpha value is -3.56. The highest BCUT2D eigenvalue weighted by atomic mass is 32.2. The summed E-state index contributed by atoms with van der Waals surface area (Å²) in [6.07, 6.45) is 4.08. The van der Waals surface area contributed by atoms with Crippen molar-refractivity contribution in [1.82, 2.24) is 14.9 Å². The number of amides is 1. The average Bonchev–Trinajstić information content (AvgIpc) is 3.33. The summed E-state index contributed by atoms with van der Waals surface area (Å²) in [4.78, 5) is 24.6. The van der Waals surface area contributed by atoms with Crippen LogP contribution in [0.4, 0.5) is 4.79 Å². The Morgan fingerprint density at radius 2 is 1.77 bits per heavy atom. The van der Waals surface area contributed by atoms with Crippen LogP contribution < -0.4 is 0 Å². The highest BCUT2D eigenvalue weighted by Crippen LogP contribution is 2.37. The lowest BCUT2D eigenvalue weighted by Crippen LogP contribution is -2.39. The molecule has 0 atom stereocenters. The lowest BCUT2D eigenvalue weighted by Gasteiger charge is -2.29. The first-order valence-electron chi connectivity index (χ1n) is 12.8. The van der Waals surface area contributed by atoms with E-state index in [2.05, 4.69) is 22.1 Å². The van der Waals surface area contributed by atoms with E-state index in [0.29, 0.717) is 18.0 Å². The largest absolute Gasteiger partial charge is 0.444 e. The molecule has 0 fully saturated rings. The summed E-state index contributed by atoms with van der Waals surface area (Å²) in [6, 6.07) is 16.5. The Morgan fingerprint density at radius 3 is 2.41 bits per heavy atom. The number of ether oxygens (including phenoxy) is 1. The smallest absolute Gasteiger partial charge is 0.410 e. The number of benzene rings is 2. The van der Waals surface area contributed by atoms with Gasteiger partial charge in [-0.05, 0) is 63.5 Å². The molecule has 3 heterocycles. The first kappa shape index (κ1) is 27.0. The molecule has 1 aliphatic rings. The zero-order valence-electron chi connectivity index (χ0n) is 22.5. The molecule has 9 heteroatoms. The topological polar surface area (TPSA) is 89.5 Å². The first-order chi connectivity index (χ1) is 18.5. The molecule has 202 valence electrons. The van der Waals surface area contributed by atoms with Gasteiger partial charge in [-0.2, -0.15) is 0 Å². The predicted octanol–water partition coefficient (Wildman–Crippen LogP) is 6.66. The van der Waals surface area contributed by atoms with Crippen molar-refractivity contribution >= 4 is 43.1 Å². The van der Waals surface area contributed by atoms with Crippen LogP contribution in [0.1, 0.15) is 43.2 Å². The summed E-state index contributed by atoms with van der Waals surface area (Å²) in [7, 11) is -3.43. The van der Waals surface area contributed by atoms with Crippen molar-refractivity contribution in [1.29, 1.82) is 0 Å². The van der Waals surface area contributed by atoms with E-state index >= 15 is 0 Å². The van der Waals surface area contributed by atoms with Crippen LogP contribution in [-0.4, -0.2) is 48.1 Å². The van der Waals surface area contributed by atoms with Crippen LogP contribution in [-0.2, 0) is 20.3 Å². The molecule has 1 aliphatic heterocycles. The third kappa shape index (κ3) is 6.20. The van der Waals surface area contributed by atoms with Crippen LogP contribution in [0.2, 0.25) is 0 Å². The van der Waals surface area contributed by atoms with Crippen LogP contribution in [0, 0.1) is 6.92 Å². The number of aryl methyl sites for hydroxylation is 1. The van der Waals surface area contributed by atoms with E-state index < -0.39 is 15.4 Å². The summed E-state index contributed by atoms with van der Waals surface area (Å²) in [5, 5.41) is 0. The number of hydrogen-bond donors (Lipinski definition) is 0. The molecule has 0 bridgehead atoms. The van der Waals surface area contributed by atoms with E-state index in [1.165, 1.54) is 5.57 Å². The van der Waals surface area contributed by atoms with Gasteiger partial charge in [0.1, 0.15) is 11.9 Å². The molecule has 2 aromatic heterocycles. The van der Waals surface area contributed by atoms with Gasteiger partial charge in [0.2, 0.25) is 0 Å². The molecular weight excluding hydrogens is 530 g/mol. The van der Waals surface area contributed by atoms with Gasteiger partial charge in [0.15, 0.2) is 9.84 Å². The minimum absolute atomic E-state index is 0.0624. The van der Waals surface area contributed by atoms with Crippen LogP contribution >= 0.6 is 11.3 Å². The molecule has 0 radical (unpaired) electrons. The zero-order valence-corrected chi connectivity index (χ0v) is 24.1. The van der Waals surface area contributed by atoms with E-state index in [0.717, 1.165) is 43.9 Å². The molecule has 1 amide bonds. The number of thiophene rings is 1. The van der Waals surface area contributed by atoms with E-state index in [-0.39, 0.29) is 11.8 Å². The van der Waals surface area contributed by atoms with Gasteiger partial charge in [-0.25, -0.2) is 23.2 Å². The third-order valence-electron chi connectivity index (χ3n) is 6.45. The van der Waals surface area contributed by atoms with Crippen molar-refractivity contribution in [2.75, 3.05) is 13.1 Å². The predicted molar refractivity (Wildman–Crippen MR) is 155 cm³/mol. The van der Waals surface area contributed by atoms with Gasteiger partial charge in [-0.3, -0.25) is 0 Å². The molecule has 39 heavy (non-hydrogen) atoms. The van der Waals surface area contributed by atoms with Crippen LogP contribution in [0.15, 0.2) is 71.9 Å². The van der Waals surface area contributed by atoms with Crippen molar-refractivity contribution in [3.63, 3.8) is 0 Å². The quantitative estimate of drug-likeness (QED) is 0.271. The number of carbonyl (C=O) groups is 1. The van der Waals surface area contributed by atoms with Gasteiger partial charge in [-0.1, -0.05) is 48.0 Å². The van der Waals surface area contributed by atoms with E-state index in [1.807, 2.05) is 64.1 Å². The fourth-order valence-corrected chi connectivity index (χ4v) is 6.95. The second kappa shape index (κ2) is 10.5. The average molecular weight is 562 g/mol. The lowest BCUT2D eigenvalue weighted by molar-refractivity contribution is 0.0270. The summed E-state index contributed by atoms with van der Waals surface area (Å²) in [5.41, 5.74) is 4.99. The Morgan fingerprint density at radius 1 is 1.05 bits per heavy atom. The molecule has 0 N–H and O–H groups in total. The SMILES string of the molecule is Cc1ccc(S(=O)(=O)Cc2ccc(-c3ncnc4cc(C5=CCN(C(=O)OC(C)(C)C)CC5)sc34)cc2)cc1. The lowest BCUT2D eigenvalue weighted by atomic mass is 10.1. The van der Waals surface area contributed by atoms with Crippen molar-refractivity contribution < 1.29 is 17.9 Å². The number of rotatable bonds is 5. The molecule has 0 saturated heterocycles. The monoisotopic (exact) mass is 561 g/mol. The van der Waals surface area contributed by atoms with E-state index in [9.17, 15) is 13.2 Å². The van der Waals surface area contributed by atoms with Crippen LogP contribution in [0.3, 0.4) is 0 Å². The van der Waals surface area contributed by atoms with Gasteiger partial charge < -0.3 is 9.64 Å². The zero-order chi connectivity index (χ0) is 27.8. The number of aromatic nitrogens is 2. The van der Waals surface area contributed by atoms with Crippen molar-refractivity contribution in [2.24, 2.45) is 0 Å². The Labute approximate surface area is 233 Å². The molecular formula is C30H31N3O4S2. The number of hydrogen-bond acceptors (Lipinski definition) is 7. The normalized spacial score (nSPS) is 14.4. The standard InChI is InChI=1S/C30H31N3O4S2/c1-20-5-11-24(12-6-20)39(35,36)18-21-7-9-23(10-8-21)27-28-25(31-19-32-27)17-26(38-28)22-13-15-33(16-14-22)29(34)37-30(2,3)4/h5-13,17,19H,14-16,18H2,1-4H3. The molecule has 0 saturated carbocycles. The minimum Gasteiger partial charge on any atom is -0.444 e. The molecule has 0 unspecified atom stereocenters. The first-order valence-corrected chi connectivity index (χ1v) is 15.3. The van der Waals surface area contributed by atoms with Gasteiger partial charge in [0, 0.05) is 23.5 Å². The molecule has 0 aliphatic carbocycles. The van der Waals surface area contributed by atoms with Gasteiger partial charge in [0.05, 0.1) is 26.6 Å². The van der Waals surface area contributed by atoms with Crippen molar-refractivity contribution in [3.8, 4) is 11.3 Å². The Bertz CT molecular complexity index is 1650. The van der Waals surface area contributed by atoms with Crippen LogP contribution in [0.25, 0.3) is 27.0 Å². The minimum atomic E-state index is -3.43. The Kier molecular flexibility index (Phi) is 7.31. The van der Waals surface area contributed by atoms with E-state index in [1.54, 1.807) is 34.7 Å². The third-order valence-corrected chi connectivity index (χ3v) is 9.36.